The van der Waals surface area contributed by atoms with Gasteiger partial charge in [-0.1, -0.05) is 84.1 Å². The number of aryl methyl sites for hydroxylation is 1. The molecule has 2 amide bonds. The minimum Gasteiger partial charge on any atom is -0.416 e. The highest BCUT2D eigenvalue weighted by Crippen LogP contribution is 2.20. The molecule has 0 unspecified atom stereocenters. The third-order valence-electron chi connectivity index (χ3n) is 4.99. The van der Waals surface area contributed by atoms with Gasteiger partial charge in [-0.15, -0.1) is 10.2 Å². The molecule has 4 rings (SSSR count). The molecule has 0 bridgehead atoms. The monoisotopic (exact) mass is 472 g/mol. The van der Waals surface area contributed by atoms with Crippen molar-refractivity contribution in [2.24, 2.45) is 0 Å². The second-order valence-electron chi connectivity index (χ2n) is 7.67. The number of benzene rings is 3. The van der Waals surface area contributed by atoms with Gasteiger partial charge >= 0.3 is 0 Å². The van der Waals surface area contributed by atoms with E-state index in [0.29, 0.717) is 35.3 Å². The van der Waals surface area contributed by atoms with Crippen molar-refractivity contribution in [3.8, 4) is 0 Å². The standard InChI is InChI=1S/C26H24N4O3S/c1-18-11-13-20(14-12-18)16-27-25(32)21-9-5-6-10-22(21)28-23(31)17-34-26-30-29-24(33-26)15-19-7-3-2-4-8-19/h2-14H,15-17H2,1H3,(H,27,32)(H,28,31). The van der Waals surface area contributed by atoms with Crippen LogP contribution in [-0.2, 0) is 17.8 Å². The summed E-state index contributed by atoms with van der Waals surface area (Å²) in [5, 5.41) is 14.1. The Labute approximate surface area is 202 Å². The molecule has 0 radical (unpaired) electrons. The summed E-state index contributed by atoms with van der Waals surface area (Å²) >= 11 is 1.15. The Balaban J connectivity index is 1.30. The highest BCUT2D eigenvalue weighted by atomic mass is 32.2. The molecule has 3 aromatic carbocycles. The van der Waals surface area contributed by atoms with Gasteiger partial charge in [-0.05, 0) is 30.2 Å². The summed E-state index contributed by atoms with van der Waals surface area (Å²) < 4.78 is 5.63. The summed E-state index contributed by atoms with van der Waals surface area (Å²) in [6.45, 7) is 2.42. The Morgan fingerprint density at radius 3 is 2.41 bits per heavy atom. The van der Waals surface area contributed by atoms with Crippen LogP contribution in [0.3, 0.4) is 0 Å². The number of aromatic nitrogens is 2. The quantitative estimate of drug-likeness (QED) is 0.345. The Hall–Kier alpha value is -3.91. The Kier molecular flexibility index (Phi) is 7.72. The number of anilines is 1. The molecule has 0 saturated carbocycles. The smallest absolute Gasteiger partial charge is 0.277 e. The number of para-hydroxylation sites is 1. The summed E-state index contributed by atoms with van der Waals surface area (Å²) in [6, 6.07) is 24.7. The highest BCUT2D eigenvalue weighted by Gasteiger charge is 2.15. The second kappa shape index (κ2) is 11.3. The van der Waals surface area contributed by atoms with Gasteiger partial charge in [-0.3, -0.25) is 9.59 Å². The SMILES string of the molecule is Cc1ccc(CNC(=O)c2ccccc2NC(=O)CSc2nnc(Cc3ccccc3)o2)cc1. The normalized spacial score (nSPS) is 10.6. The first-order chi connectivity index (χ1) is 16.6. The molecule has 2 N–H and O–H groups in total. The van der Waals surface area contributed by atoms with Crippen molar-refractivity contribution in [1.29, 1.82) is 0 Å². The predicted octanol–water partition coefficient (Wildman–Crippen LogP) is 4.63. The number of hydrogen-bond donors (Lipinski definition) is 2. The molecule has 0 spiro atoms. The molecular formula is C26H24N4O3S. The van der Waals surface area contributed by atoms with Crippen molar-refractivity contribution < 1.29 is 14.0 Å². The fraction of sp³-hybridized carbons (Fsp3) is 0.154. The van der Waals surface area contributed by atoms with Gasteiger partial charge in [0.15, 0.2) is 0 Å². The first kappa shape index (κ1) is 23.3. The zero-order valence-electron chi connectivity index (χ0n) is 18.7. The van der Waals surface area contributed by atoms with Crippen LogP contribution >= 0.6 is 11.8 Å². The Morgan fingerprint density at radius 1 is 0.882 bits per heavy atom. The van der Waals surface area contributed by atoms with Crippen LogP contribution in [0.25, 0.3) is 0 Å². The summed E-state index contributed by atoms with van der Waals surface area (Å²) in [6.07, 6.45) is 0.533. The maximum atomic E-state index is 12.7. The average molecular weight is 473 g/mol. The lowest BCUT2D eigenvalue weighted by Gasteiger charge is -2.11. The number of nitrogens with one attached hydrogen (secondary N) is 2. The minimum atomic E-state index is -0.272. The number of amides is 2. The van der Waals surface area contributed by atoms with Gasteiger partial charge < -0.3 is 15.1 Å². The van der Waals surface area contributed by atoms with Crippen LogP contribution in [-0.4, -0.2) is 27.8 Å². The van der Waals surface area contributed by atoms with Gasteiger partial charge in [0.2, 0.25) is 11.8 Å². The molecule has 0 aliphatic carbocycles. The van der Waals surface area contributed by atoms with Gasteiger partial charge in [-0.25, -0.2) is 0 Å². The molecule has 7 nitrogen and oxygen atoms in total. The van der Waals surface area contributed by atoms with E-state index >= 15 is 0 Å². The summed E-state index contributed by atoms with van der Waals surface area (Å²) in [4.78, 5) is 25.2. The van der Waals surface area contributed by atoms with Crippen LogP contribution in [0.5, 0.6) is 0 Å². The summed E-state index contributed by atoms with van der Waals surface area (Å²) in [7, 11) is 0. The van der Waals surface area contributed by atoms with E-state index in [1.807, 2.05) is 61.5 Å². The van der Waals surface area contributed by atoms with Crippen molar-refractivity contribution in [2.45, 2.75) is 25.1 Å². The van der Waals surface area contributed by atoms with E-state index in [-0.39, 0.29) is 17.6 Å². The van der Waals surface area contributed by atoms with Crippen LogP contribution in [0.2, 0.25) is 0 Å². The molecule has 1 aromatic heterocycles. The van der Waals surface area contributed by atoms with Gasteiger partial charge in [0.05, 0.1) is 23.4 Å². The van der Waals surface area contributed by atoms with Gasteiger partial charge in [0, 0.05) is 6.54 Å². The summed E-state index contributed by atoms with van der Waals surface area (Å²) in [5.74, 6) is 0.0367. The average Bonchev–Trinajstić information content (AvgIpc) is 3.30. The van der Waals surface area contributed by atoms with Crippen LogP contribution in [0.1, 0.15) is 32.9 Å². The number of carbonyl (C=O) groups excluding carboxylic acids is 2. The molecule has 0 fully saturated rings. The first-order valence-electron chi connectivity index (χ1n) is 10.8. The molecule has 0 saturated heterocycles. The minimum absolute atomic E-state index is 0.0757. The molecule has 34 heavy (non-hydrogen) atoms. The largest absolute Gasteiger partial charge is 0.416 e. The van der Waals surface area contributed by atoms with Crippen LogP contribution in [0, 0.1) is 6.92 Å². The van der Waals surface area contributed by atoms with Gasteiger partial charge in [0.1, 0.15) is 0 Å². The van der Waals surface area contributed by atoms with E-state index in [1.54, 1.807) is 24.3 Å². The van der Waals surface area contributed by atoms with E-state index < -0.39 is 0 Å². The number of nitrogens with zero attached hydrogens (tertiary/aromatic N) is 2. The zero-order chi connectivity index (χ0) is 23.8. The van der Waals surface area contributed by atoms with E-state index in [1.165, 1.54) is 0 Å². The number of thioether (sulfide) groups is 1. The Morgan fingerprint density at radius 2 is 1.62 bits per heavy atom. The predicted molar refractivity (Wildman–Crippen MR) is 132 cm³/mol. The van der Waals surface area contributed by atoms with E-state index in [4.69, 9.17) is 4.42 Å². The second-order valence-corrected chi connectivity index (χ2v) is 8.60. The molecule has 8 heteroatoms. The molecule has 0 aliphatic rings. The van der Waals surface area contributed by atoms with E-state index in [0.717, 1.165) is 28.5 Å². The topological polar surface area (TPSA) is 97.1 Å². The molecular weight excluding hydrogens is 448 g/mol. The first-order valence-corrected chi connectivity index (χ1v) is 11.8. The van der Waals surface area contributed by atoms with Gasteiger partial charge in [0.25, 0.3) is 11.1 Å². The van der Waals surface area contributed by atoms with Crippen LogP contribution in [0.4, 0.5) is 5.69 Å². The van der Waals surface area contributed by atoms with Crippen molar-refractivity contribution in [1.82, 2.24) is 15.5 Å². The van der Waals surface area contributed by atoms with Crippen LogP contribution < -0.4 is 10.6 Å². The van der Waals surface area contributed by atoms with E-state index in [9.17, 15) is 9.59 Å². The van der Waals surface area contributed by atoms with Gasteiger partial charge in [-0.2, -0.15) is 0 Å². The lowest BCUT2D eigenvalue weighted by atomic mass is 10.1. The molecule has 4 aromatic rings. The number of carbonyl (C=O) groups is 2. The number of hydrogen-bond acceptors (Lipinski definition) is 6. The maximum absolute atomic E-state index is 12.7. The number of rotatable bonds is 9. The van der Waals surface area contributed by atoms with E-state index in [2.05, 4.69) is 20.8 Å². The third kappa shape index (κ3) is 6.55. The Bertz CT molecular complexity index is 1260. The molecule has 1 heterocycles. The molecule has 172 valence electrons. The van der Waals surface area contributed by atoms with Crippen molar-refractivity contribution in [2.75, 3.05) is 11.1 Å². The fourth-order valence-electron chi connectivity index (χ4n) is 3.23. The maximum Gasteiger partial charge on any atom is 0.277 e. The lowest BCUT2D eigenvalue weighted by molar-refractivity contribution is -0.113. The van der Waals surface area contributed by atoms with Crippen molar-refractivity contribution >= 4 is 29.3 Å². The lowest BCUT2D eigenvalue weighted by Crippen LogP contribution is -2.25. The fourth-order valence-corrected chi connectivity index (χ4v) is 3.81. The van der Waals surface area contributed by atoms with Crippen molar-refractivity contribution in [3.63, 3.8) is 0 Å². The third-order valence-corrected chi connectivity index (χ3v) is 5.81. The molecule has 0 aliphatic heterocycles. The molecule has 0 atom stereocenters. The highest BCUT2D eigenvalue weighted by molar-refractivity contribution is 7.99. The summed E-state index contributed by atoms with van der Waals surface area (Å²) in [5.41, 5.74) is 4.08. The zero-order valence-corrected chi connectivity index (χ0v) is 19.5. The van der Waals surface area contributed by atoms with Crippen molar-refractivity contribution in [3.05, 3.63) is 107 Å². The van der Waals surface area contributed by atoms with Crippen LogP contribution in [0.15, 0.2) is 88.5 Å².